The summed E-state index contributed by atoms with van der Waals surface area (Å²) in [7, 11) is 0. The number of nitrogens with zero attached hydrogens (tertiary/aromatic N) is 5. The third-order valence-corrected chi connectivity index (χ3v) is 5.40. The lowest BCUT2D eigenvalue weighted by Crippen LogP contribution is -2.20. The molecule has 0 amide bonds. The number of pyridine rings is 3. The maximum Gasteiger partial charge on any atom is 0.159 e. The molecule has 0 atom stereocenters. The van der Waals surface area contributed by atoms with E-state index in [0.717, 1.165) is 64.1 Å². The van der Waals surface area contributed by atoms with E-state index < -0.39 is 0 Å². The van der Waals surface area contributed by atoms with Crippen molar-refractivity contribution in [2.75, 3.05) is 13.1 Å². The van der Waals surface area contributed by atoms with Crippen molar-refractivity contribution in [1.29, 1.82) is 0 Å². The first-order valence-corrected chi connectivity index (χ1v) is 9.86. The van der Waals surface area contributed by atoms with Crippen molar-refractivity contribution in [2.24, 2.45) is 0 Å². The second kappa shape index (κ2) is 6.85. The van der Waals surface area contributed by atoms with Gasteiger partial charge in [0.05, 0.1) is 28.6 Å². The smallest absolute Gasteiger partial charge is 0.159 e. The molecule has 0 fully saturated rings. The molecule has 0 bridgehead atoms. The molecule has 8 nitrogen and oxygen atoms in total. The zero-order chi connectivity index (χ0) is 19.9. The average molecular weight is 394 g/mol. The van der Waals surface area contributed by atoms with Gasteiger partial charge >= 0.3 is 0 Å². The van der Waals surface area contributed by atoms with Crippen molar-refractivity contribution in [3.05, 3.63) is 60.8 Å². The number of nitrogens with one attached hydrogen (secondary N) is 3. The summed E-state index contributed by atoms with van der Waals surface area (Å²) in [5.41, 5.74) is 7.33. The summed E-state index contributed by atoms with van der Waals surface area (Å²) in [5, 5.41) is 11.9. The van der Waals surface area contributed by atoms with E-state index in [-0.39, 0.29) is 0 Å². The van der Waals surface area contributed by atoms with Gasteiger partial charge in [0.25, 0.3) is 0 Å². The first kappa shape index (κ1) is 17.0. The molecule has 0 aliphatic carbocycles. The molecule has 6 rings (SSSR count). The highest BCUT2D eigenvalue weighted by Gasteiger charge is 2.17. The largest absolute Gasteiger partial charge is 0.336 e. The SMILES string of the molecule is C1=C(c2cc3c(-c4nc5c(-c6cccnc6)nccc5[nH]4)n[nH]c3cn2)CCNC1. The number of fused-ring (bicyclic) bond motifs is 2. The quantitative estimate of drug-likeness (QED) is 0.433. The third-order valence-electron chi connectivity index (χ3n) is 5.40. The summed E-state index contributed by atoms with van der Waals surface area (Å²) < 4.78 is 0. The molecule has 0 aromatic carbocycles. The van der Waals surface area contributed by atoms with Crippen molar-refractivity contribution in [3.63, 3.8) is 0 Å². The molecule has 5 aromatic rings. The highest BCUT2D eigenvalue weighted by molar-refractivity contribution is 5.96. The molecule has 1 aliphatic rings. The van der Waals surface area contributed by atoms with Gasteiger partial charge in [0, 0.05) is 36.1 Å². The standard InChI is InChI=1S/C22H18N8/c1-2-14(11-24-6-1)19-21-16(5-9-25-19)27-22(28-21)20-15-10-17(13-3-7-23-8-4-13)26-12-18(15)29-30-20/h1-3,5-6,9-12,23H,4,7-8H2,(H,27,28)(H,29,30). The van der Waals surface area contributed by atoms with Gasteiger partial charge in [-0.1, -0.05) is 6.08 Å². The van der Waals surface area contributed by atoms with Crippen LogP contribution in [0.2, 0.25) is 0 Å². The monoisotopic (exact) mass is 394 g/mol. The summed E-state index contributed by atoms with van der Waals surface area (Å²) in [6.07, 6.45) is 10.3. The fraction of sp³-hybridized carbons (Fsp3) is 0.136. The van der Waals surface area contributed by atoms with E-state index in [0.29, 0.717) is 5.82 Å². The molecule has 0 saturated carbocycles. The zero-order valence-electron chi connectivity index (χ0n) is 16.1. The molecule has 0 radical (unpaired) electrons. The van der Waals surface area contributed by atoms with E-state index >= 15 is 0 Å². The van der Waals surface area contributed by atoms with Crippen molar-refractivity contribution in [1.82, 2.24) is 40.4 Å². The Morgan fingerprint density at radius 3 is 2.83 bits per heavy atom. The molecule has 0 saturated heterocycles. The Morgan fingerprint density at radius 2 is 1.97 bits per heavy atom. The van der Waals surface area contributed by atoms with Gasteiger partial charge in [0.2, 0.25) is 0 Å². The predicted octanol–water partition coefficient (Wildman–Crippen LogP) is 3.33. The topological polar surface area (TPSA) is 108 Å². The summed E-state index contributed by atoms with van der Waals surface area (Å²) in [6, 6.07) is 7.90. The normalized spacial score (nSPS) is 14.3. The highest BCUT2D eigenvalue weighted by atomic mass is 15.1. The fourth-order valence-corrected chi connectivity index (χ4v) is 3.89. The number of aromatic nitrogens is 7. The van der Waals surface area contributed by atoms with Gasteiger partial charge in [-0.2, -0.15) is 5.10 Å². The van der Waals surface area contributed by atoms with Crippen LogP contribution in [0, 0.1) is 0 Å². The van der Waals surface area contributed by atoms with Crippen molar-refractivity contribution in [3.8, 4) is 22.8 Å². The van der Waals surface area contributed by atoms with Crippen LogP contribution in [0.4, 0.5) is 0 Å². The Labute approximate surface area is 171 Å². The zero-order valence-corrected chi connectivity index (χ0v) is 16.1. The van der Waals surface area contributed by atoms with E-state index in [1.54, 1.807) is 18.6 Å². The van der Waals surface area contributed by atoms with Gasteiger partial charge in [-0.25, -0.2) is 4.98 Å². The summed E-state index contributed by atoms with van der Waals surface area (Å²) in [6.45, 7) is 1.85. The van der Waals surface area contributed by atoms with Crippen LogP contribution in [-0.4, -0.2) is 48.2 Å². The molecule has 6 heterocycles. The van der Waals surface area contributed by atoms with Crippen molar-refractivity contribution < 1.29 is 0 Å². The van der Waals surface area contributed by atoms with Crippen molar-refractivity contribution in [2.45, 2.75) is 6.42 Å². The van der Waals surface area contributed by atoms with Crippen LogP contribution in [-0.2, 0) is 0 Å². The van der Waals surface area contributed by atoms with E-state index in [9.17, 15) is 0 Å². The van der Waals surface area contributed by atoms with Crippen LogP contribution >= 0.6 is 0 Å². The Kier molecular flexibility index (Phi) is 3.88. The van der Waals surface area contributed by atoms with E-state index in [2.05, 4.69) is 47.6 Å². The molecule has 1 aliphatic heterocycles. The minimum atomic E-state index is 0.700. The molecule has 146 valence electrons. The van der Waals surface area contributed by atoms with Gasteiger partial charge < -0.3 is 10.3 Å². The lowest BCUT2D eigenvalue weighted by atomic mass is 10.0. The number of hydrogen-bond acceptors (Lipinski definition) is 6. The van der Waals surface area contributed by atoms with Crippen LogP contribution in [0.1, 0.15) is 12.1 Å². The second-order valence-corrected chi connectivity index (χ2v) is 7.25. The summed E-state index contributed by atoms with van der Waals surface area (Å²) in [4.78, 5) is 21.6. The maximum atomic E-state index is 4.85. The fourth-order valence-electron chi connectivity index (χ4n) is 3.89. The van der Waals surface area contributed by atoms with Gasteiger partial charge in [-0.05, 0) is 42.8 Å². The van der Waals surface area contributed by atoms with Gasteiger partial charge in [-0.3, -0.25) is 20.1 Å². The summed E-state index contributed by atoms with van der Waals surface area (Å²) in [5.74, 6) is 0.700. The molecule has 8 heteroatoms. The lowest BCUT2D eigenvalue weighted by Gasteiger charge is -2.13. The molecular weight excluding hydrogens is 376 g/mol. The Hall–Kier alpha value is -3.91. The minimum Gasteiger partial charge on any atom is -0.336 e. The van der Waals surface area contributed by atoms with E-state index in [4.69, 9.17) is 4.98 Å². The van der Waals surface area contributed by atoms with E-state index in [1.165, 1.54) is 5.57 Å². The second-order valence-electron chi connectivity index (χ2n) is 7.25. The number of hydrogen-bond donors (Lipinski definition) is 3. The molecule has 30 heavy (non-hydrogen) atoms. The minimum absolute atomic E-state index is 0.700. The number of imidazole rings is 1. The summed E-state index contributed by atoms with van der Waals surface area (Å²) >= 11 is 0. The predicted molar refractivity (Wildman–Crippen MR) is 115 cm³/mol. The Morgan fingerprint density at radius 1 is 0.967 bits per heavy atom. The van der Waals surface area contributed by atoms with Crippen LogP contribution in [0.25, 0.3) is 50.3 Å². The average Bonchev–Trinajstić information content (AvgIpc) is 3.43. The van der Waals surface area contributed by atoms with Crippen LogP contribution < -0.4 is 5.32 Å². The van der Waals surface area contributed by atoms with Crippen molar-refractivity contribution >= 4 is 27.5 Å². The van der Waals surface area contributed by atoms with Gasteiger partial charge in [-0.15, -0.1) is 0 Å². The number of aromatic amines is 2. The Balaban J connectivity index is 1.50. The third kappa shape index (κ3) is 2.77. The van der Waals surface area contributed by atoms with Crippen LogP contribution in [0.5, 0.6) is 0 Å². The number of H-pyrrole nitrogens is 2. The molecule has 3 N–H and O–H groups in total. The molecule has 5 aromatic heterocycles. The first-order valence-electron chi connectivity index (χ1n) is 9.86. The maximum absolute atomic E-state index is 4.85. The first-order chi connectivity index (χ1) is 14.9. The molecule has 0 unspecified atom stereocenters. The van der Waals surface area contributed by atoms with Crippen LogP contribution in [0.3, 0.4) is 0 Å². The molecule has 0 spiro atoms. The van der Waals surface area contributed by atoms with Gasteiger partial charge in [0.1, 0.15) is 11.2 Å². The molecular formula is C22H18N8. The van der Waals surface area contributed by atoms with Crippen LogP contribution in [0.15, 0.2) is 55.1 Å². The van der Waals surface area contributed by atoms with Gasteiger partial charge in [0.15, 0.2) is 5.82 Å². The Bertz CT molecular complexity index is 1400. The number of rotatable bonds is 3. The highest BCUT2D eigenvalue weighted by Crippen LogP contribution is 2.31. The van der Waals surface area contributed by atoms with E-state index in [1.807, 2.05) is 24.4 Å². The lowest BCUT2D eigenvalue weighted by molar-refractivity contribution is 0.737.